The van der Waals surface area contributed by atoms with Crippen LogP contribution in [0.5, 0.6) is 5.75 Å². The summed E-state index contributed by atoms with van der Waals surface area (Å²) < 4.78 is 20.4. The first kappa shape index (κ1) is 22.5. The molecule has 0 fully saturated rings. The fourth-order valence-electron chi connectivity index (χ4n) is 3.35. The third-order valence-electron chi connectivity index (χ3n) is 5.04. The Morgan fingerprint density at radius 1 is 1.06 bits per heavy atom. The van der Waals surface area contributed by atoms with Gasteiger partial charge in [0.1, 0.15) is 11.6 Å². The molecule has 3 N–H and O–H groups in total. The Hall–Kier alpha value is -4.72. The highest BCUT2D eigenvalue weighted by molar-refractivity contribution is 6.04. The Morgan fingerprint density at radius 2 is 1.79 bits per heavy atom. The lowest BCUT2D eigenvalue weighted by Crippen LogP contribution is -2.13. The number of primary amides is 1. The van der Waals surface area contributed by atoms with Crippen LogP contribution >= 0.6 is 0 Å². The summed E-state index contributed by atoms with van der Waals surface area (Å²) in [6, 6.07) is 20.0. The van der Waals surface area contributed by atoms with Crippen LogP contribution in [0.2, 0.25) is 0 Å². The fourth-order valence-corrected chi connectivity index (χ4v) is 3.35. The number of hydrogen-bond acceptors (Lipinski definition) is 4. The summed E-state index contributed by atoms with van der Waals surface area (Å²) in [7, 11) is 1.46. The van der Waals surface area contributed by atoms with E-state index in [-0.39, 0.29) is 11.4 Å². The molecule has 3 aromatic carbocycles. The van der Waals surface area contributed by atoms with Crippen molar-refractivity contribution in [3.8, 4) is 22.7 Å². The molecule has 0 aliphatic rings. The Morgan fingerprint density at radius 3 is 2.47 bits per heavy atom. The number of anilines is 1. The van der Waals surface area contributed by atoms with E-state index in [0.29, 0.717) is 28.3 Å². The van der Waals surface area contributed by atoms with Crippen molar-refractivity contribution >= 4 is 23.6 Å². The van der Waals surface area contributed by atoms with Gasteiger partial charge in [0.25, 0.3) is 0 Å². The molecule has 0 spiro atoms. The lowest BCUT2D eigenvalue weighted by atomic mass is 10.1. The second kappa shape index (κ2) is 9.83. The highest BCUT2D eigenvalue weighted by Crippen LogP contribution is 2.27. The molecule has 0 saturated heterocycles. The van der Waals surface area contributed by atoms with Gasteiger partial charge >= 0.3 is 0 Å². The predicted molar refractivity (Wildman–Crippen MR) is 128 cm³/mol. The summed E-state index contributed by atoms with van der Waals surface area (Å²) in [4.78, 5) is 24.1. The zero-order valence-corrected chi connectivity index (χ0v) is 18.2. The normalized spacial score (nSPS) is 10.9. The van der Waals surface area contributed by atoms with Crippen molar-refractivity contribution in [2.45, 2.75) is 0 Å². The van der Waals surface area contributed by atoms with Gasteiger partial charge in [-0.15, -0.1) is 0 Å². The molecule has 8 heteroatoms. The van der Waals surface area contributed by atoms with Crippen LogP contribution in [-0.4, -0.2) is 28.7 Å². The average Bonchev–Trinajstić information content (AvgIpc) is 3.28. The van der Waals surface area contributed by atoms with Gasteiger partial charge in [0.15, 0.2) is 0 Å². The molecule has 0 radical (unpaired) electrons. The Labute approximate surface area is 195 Å². The van der Waals surface area contributed by atoms with Gasteiger partial charge in [-0.3, -0.25) is 9.59 Å². The number of rotatable bonds is 7. The van der Waals surface area contributed by atoms with Gasteiger partial charge < -0.3 is 15.8 Å². The van der Waals surface area contributed by atoms with E-state index in [1.807, 2.05) is 30.3 Å². The van der Waals surface area contributed by atoms with Crippen LogP contribution in [0.15, 0.2) is 85.1 Å². The van der Waals surface area contributed by atoms with E-state index in [1.54, 1.807) is 35.2 Å². The second-order valence-corrected chi connectivity index (χ2v) is 7.32. The van der Waals surface area contributed by atoms with E-state index < -0.39 is 11.8 Å². The summed E-state index contributed by atoms with van der Waals surface area (Å²) in [5, 5.41) is 7.34. The molecule has 4 rings (SSSR count). The van der Waals surface area contributed by atoms with Crippen molar-refractivity contribution in [1.82, 2.24) is 9.78 Å². The largest absolute Gasteiger partial charge is 0.495 e. The zero-order valence-electron chi connectivity index (χ0n) is 18.2. The van der Waals surface area contributed by atoms with Gasteiger partial charge in [-0.25, -0.2) is 9.07 Å². The van der Waals surface area contributed by atoms with Crippen molar-refractivity contribution in [2.24, 2.45) is 5.73 Å². The van der Waals surface area contributed by atoms with E-state index in [0.717, 1.165) is 5.69 Å². The van der Waals surface area contributed by atoms with Crippen LogP contribution in [0, 0.1) is 5.82 Å². The quantitative estimate of drug-likeness (QED) is 0.402. The van der Waals surface area contributed by atoms with Crippen LogP contribution in [0.25, 0.3) is 23.0 Å². The minimum atomic E-state index is -0.619. The molecule has 4 aromatic rings. The van der Waals surface area contributed by atoms with Crippen LogP contribution in [0.4, 0.5) is 10.1 Å². The highest BCUT2D eigenvalue weighted by atomic mass is 19.1. The lowest BCUT2D eigenvalue weighted by molar-refractivity contribution is -0.111. The first-order valence-corrected chi connectivity index (χ1v) is 10.3. The summed E-state index contributed by atoms with van der Waals surface area (Å²) >= 11 is 0. The smallest absolute Gasteiger partial charge is 0.248 e. The molecule has 0 unspecified atom stereocenters. The summed E-state index contributed by atoms with van der Waals surface area (Å²) in [6.45, 7) is 0. The van der Waals surface area contributed by atoms with Crippen LogP contribution in [-0.2, 0) is 4.79 Å². The number of hydrogen-bond donors (Lipinski definition) is 2. The third-order valence-corrected chi connectivity index (χ3v) is 5.04. The minimum absolute atomic E-state index is 0.239. The minimum Gasteiger partial charge on any atom is -0.495 e. The maximum absolute atomic E-state index is 13.4. The van der Waals surface area contributed by atoms with E-state index in [9.17, 15) is 14.0 Å². The number of nitrogens with zero attached hydrogens (tertiary/aromatic N) is 2. The average molecular weight is 456 g/mol. The number of amides is 2. The molecule has 0 aliphatic carbocycles. The first-order chi connectivity index (χ1) is 16.4. The monoisotopic (exact) mass is 456 g/mol. The van der Waals surface area contributed by atoms with Crippen molar-refractivity contribution in [3.63, 3.8) is 0 Å². The number of nitrogens with one attached hydrogen (secondary N) is 1. The van der Waals surface area contributed by atoms with Crippen LogP contribution in [0.3, 0.4) is 0 Å². The molecule has 0 saturated carbocycles. The second-order valence-electron chi connectivity index (χ2n) is 7.32. The molecule has 170 valence electrons. The van der Waals surface area contributed by atoms with Gasteiger partial charge in [-0.2, -0.15) is 5.10 Å². The van der Waals surface area contributed by atoms with Gasteiger partial charge in [0.2, 0.25) is 11.8 Å². The van der Waals surface area contributed by atoms with Crippen LogP contribution < -0.4 is 15.8 Å². The Kier molecular flexibility index (Phi) is 6.49. The maximum atomic E-state index is 13.4. The van der Waals surface area contributed by atoms with Gasteiger partial charge in [-0.05, 0) is 60.7 Å². The van der Waals surface area contributed by atoms with E-state index >= 15 is 0 Å². The molecule has 1 heterocycles. The Balaban J connectivity index is 1.65. The molecular weight excluding hydrogens is 435 g/mol. The molecule has 0 atom stereocenters. The SMILES string of the molecule is COc1ccc(C(N)=O)cc1NC(=O)C=Cc1cn(-c2ccccc2)nc1-c1ccc(F)cc1. The summed E-state index contributed by atoms with van der Waals surface area (Å²) in [6.07, 6.45) is 4.74. The molecule has 0 bridgehead atoms. The van der Waals surface area contributed by atoms with Gasteiger partial charge in [0, 0.05) is 29.0 Å². The zero-order chi connectivity index (χ0) is 24.1. The summed E-state index contributed by atoms with van der Waals surface area (Å²) in [5.41, 5.74) is 8.66. The standard InChI is InChI=1S/C26H21FN4O3/c1-34-23-13-9-18(26(28)33)15-22(23)29-24(32)14-10-19-16-31(21-5-3-2-4-6-21)30-25(19)17-7-11-20(27)12-8-17/h2-16H,1H3,(H2,28,33)(H,29,32). The van der Waals surface area contributed by atoms with Crippen molar-refractivity contribution in [1.29, 1.82) is 0 Å². The molecule has 34 heavy (non-hydrogen) atoms. The predicted octanol–water partition coefficient (Wildman–Crippen LogP) is 4.44. The number of carbonyl (C=O) groups excluding carboxylic acids is 2. The fraction of sp³-hybridized carbons (Fsp3) is 0.0385. The maximum Gasteiger partial charge on any atom is 0.248 e. The molecule has 2 amide bonds. The van der Waals surface area contributed by atoms with Gasteiger partial charge in [-0.1, -0.05) is 18.2 Å². The van der Waals surface area contributed by atoms with E-state index in [2.05, 4.69) is 10.4 Å². The number of carbonyl (C=O) groups is 2. The molecule has 0 aliphatic heterocycles. The van der Waals surface area contributed by atoms with Crippen LogP contribution in [0.1, 0.15) is 15.9 Å². The highest BCUT2D eigenvalue weighted by Gasteiger charge is 2.13. The lowest BCUT2D eigenvalue weighted by Gasteiger charge is -2.10. The van der Waals surface area contributed by atoms with Crippen molar-refractivity contribution in [3.05, 3.63) is 102 Å². The molecule has 7 nitrogen and oxygen atoms in total. The number of ether oxygens (including phenoxy) is 1. The summed E-state index contributed by atoms with van der Waals surface area (Å²) in [5.74, 6) is -1.03. The van der Waals surface area contributed by atoms with Gasteiger partial charge in [0.05, 0.1) is 24.2 Å². The van der Waals surface area contributed by atoms with Crippen molar-refractivity contribution in [2.75, 3.05) is 12.4 Å². The van der Waals surface area contributed by atoms with E-state index in [4.69, 9.17) is 10.5 Å². The number of halogens is 1. The number of aromatic nitrogens is 2. The number of para-hydroxylation sites is 1. The van der Waals surface area contributed by atoms with E-state index in [1.165, 1.54) is 37.5 Å². The number of benzene rings is 3. The van der Waals surface area contributed by atoms with Crippen molar-refractivity contribution < 1.29 is 18.7 Å². The number of methoxy groups -OCH3 is 1. The topological polar surface area (TPSA) is 99.2 Å². The molecule has 1 aromatic heterocycles. The number of nitrogens with two attached hydrogens (primary N) is 1. The molecular formula is C26H21FN4O3. The first-order valence-electron chi connectivity index (χ1n) is 10.3. The third kappa shape index (κ3) is 5.02. The Bertz CT molecular complexity index is 1360.